The van der Waals surface area contributed by atoms with Gasteiger partial charge in [-0.25, -0.2) is 4.98 Å². The van der Waals surface area contributed by atoms with Gasteiger partial charge in [-0.15, -0.1) is 0 Å². The zero-order valence-corrected chi connectivity index (χ0v) is 10.9. The molecule has 4 nitrogen and oxygen atoms in total. The molecule has 0 spiro atoms. The van der Waals surface area contributed by atoms with Gasteiger partial charge < -0.3 is 9.90 Å². The number of hydrogen-bond acceptors (Lipinski definition) is 4. The van der Waals surface area contributed by atoms with E-state index in [0.29, 0.717) is 22.2 Å². The van der Waals surface area contributed by atoms with Crippen LogP contribution in [0.25, 0.3) is 22.2 Å². The van der Waals surface area contributed by atoms with Gasteiger partial charge in [-0.3, -0.25) is 0 Å². The first-order valence-electron chi connectivity index (χ1n) is 6.31. The monoisotopic (exact) mass is 273 g/mol. The van der Waals surface area contributed by atoms with Crippen molar-refractivity contribution >= 4 is 16.9 Å². The number of fused-ring (bicyclic) bond motifs is 1. The lowest BCUT2D eigenvalue weighted by Gasteiger charge is -2.10. The number of pyridine rings is 1. The van der Waals surface area contributed by atoms with E-state index in [9.17, 15) is 9.90 Å². The molecule has 0 aliphatic rings. The fraction of sp³-hybridized carbons (Fsp3) is 0. The second-order valence-electron chi connectivity index (χ2n) is 4.55. The fourth-order valence-electron chi connectivity index (χ4n) is 2.21. The molecule has 0 atom stereocenters. The highest BCUT2D eigenvalue weighted by molar-refractivity contribution is 6.02. The largest absolute Gasteiger partial charge is 0.545 e. The Bertz CT molecular complexity index is 877. The van der Waals surface area contributed by atoms with E-state index in [1.165, 1.54) is 6.07 Å². The van der Waals surface area contributed by atoms with E-state index in [2.05, 4.69) is 4.98 Å². The molecule has 0 bridgehead atoms. The molecular weight excluding hydrogens is 264 g/mol. The van der Waals surface area contributed by atoms with Gasteiger partial charge in [-0.1, -0.05) is 30.3 Å². The smallest absolute Gasteiger partial charge is 0.0991 e. The summed E-state index contributed by atoms with van der Waals surface area (Å²) in [6.45, 7) is 0. The minimum atomic E-state index is -1.23. The molecule has 0 saturated carbocycles. The van der Waals surface area contributed by atoms with Crippen LogP contribution in [0.1, 0.15) is 15.9 Å². The summed E-state index contributed by atoms with van der Waals surface area (Å²) in [5.74, 6) is -1.23. The van der Waals surface area contributed by atoms with Gasteiger partial charge in [-0.2, -0.15) is 5.26 Å². The van der Waals surface area contributed by atoms with Gasteiger partial charge >= 0.3 is 0 Å². The standard InChI is InChI=1S/C17H10N2O2/c18-10-11-5-7-12(8-6-11)16-9-14(17(20)21)13-3-1-2-4-15(13)19-16/h1-9H,(H,20,21)/p-1. The molecule has 3 aromatic rings. The number of rotatable bonds is 2. The van der Waals surface area contributed by atoms with E-state index in [1.807, 2.05) is 6.07 Å². The molecule has 3 rings (SSSR count). The molecular formula is C17H9N2O2-. The molecule has 0 aliphatic heterocycles. The zero-order chi connectivity index (χ0) is 14.8. The molecule has 1 heterocycles. The van der Waals surface area contributed by atoms with Gasteiger partial charge in [-0.05, 0) is 24.3 Å². The summed E-state index contributed by atoms with van der Waals surface area (Å²) < 4.78 is 0. The minimum Gasteiger partial charge on any atom is -0.545 e. The molecule has 21 heavy (non-hydrogen) atoms. The van der Waals surface area contributed by atoms with Crippen LogP contribution in [-0.4, -0.2) is 11.0 Å². The maximum atomic E-state index is 11.3. The van der Waals surface area contributed by atoms with Crippen LogP contribution in [0, 0.1) is 11.3 Å². The quantitative estimate of drug-likeness (QED) is 0.716. The van der Waals surface area contributed by atoms with Crippen LogP contribution in [0.5, 0.6) is 0 Å². The van der Waals surface area contributed by atoms with Gasteiger partial charge in [0, 0.05) is 16.5 Å². The number of para-hydroxylation sites is 1. The molecule has 4 heteroatoms. The molecule has 0 saturated heterocycles. The molecule has 0 radical (unpaired) electrons. The third-order valence-corrected chi connectivity index (χ3v) is 3.25. The zero-order valence-electron chi connectivity index (χ0n) is 10.9. The maximum absolute atomic E-state index is 11.3. The van der Waals surface area contributed by atoms with Crippen molar-refractivity contribution in [1.29, 1.82) is 5.26 Å². The van der Waals surface area contributed by atoms with Crippen molar-refractivity contribution in [2.75, 3.05) is 0 Å². The first-order valence-corrected chi connectivity index (χ1v) is 6.31. The van der Waals surface area contributed by atoms with Crippen LogP contribution in [-0.2, 0) is 0 Å². The third-order valence-electron chi connectivity index (χ3n) is 3.25. The van der Waals surface area contributed by atoms with Crippen LogP contribution < -0.4 is 5.11 Å². The lowest BCUT2D eigenvalue weighted by Crippen LogP contribution is -2.22. The normalized spacial score (nSPS) is 10.2. The highest BCUT2D eigenvalue weighted by Gasteiger charge is 2.08. The number of aromatic carboxylic acids is 1. The van der Waals surface area contributed by atoms with Crippen molar-refractivity contribution in [2.24, 2.45) is 0 Å². The number of carboxylic acids is 1. The van der Waals surface area contributed by atoms with Crippen molar-refractivity contribution in [3.63, 3.8) is 0 Å². The van der Waals surface area contributed by atoms with Crippen molar-refractivity contribution in [2.45, 2.75) is 0 Å². The lowest BCUT2D eigenvalue weighted by atomic mass is 10.0. The summed E-state index contributed by atoms with van der Waals surface area (Å²) in [6, 6.07) is 17.4. The number of nitriles is 1. The van der Waals surface area contributed by atoms with Crippen LogP contribution >= 0.6 is 0 Å². The topological polar surface area (TPSA) is 76.8 Å². The van der Waals surface area contributed by atoms with E-state index in [1.54, 1.807) is 48.5 Å². The van der Waals surface area contributed by atoms with Crippen LogP contribution in [0.3, 0.4) is 0 Å². The molecule has 0 fully saturated rings. The Labute approximate surface area is 120 Å². The van der Waals surface area contributed by atoms with Crippen molar-refractivity contribution in [3.8, 4) is 17.3 Å². The number of carbonyl (C=O) groups is 1. The first kappa shape index (κ1) is 12.8. The lowest BCUT2D eigenvalue weighted by molar-refractivity contribution is -0.254. The number of benzene rings is 2. The summed E-state index contributed by atoms with van der Waals surface area (Å²) >= 11 is 0. The summed E-state index contributed by atoms with van der Waals surface area (Å²) in [5.41, 5.74) is 2.54. The number of aromatic nitrogens is 1. The first-order chi connectivity index (χ1) is 10.2. The number of carboxylic acid groups (broad SMARTS) is 1. The molecule has 100 valence electrons. The Morgan fingerprint density at radius 1 is 1.10 bits per heavy atom. The average molecular weight is 273 g/mol. The van der Waals surface area contributed by atoms with Crippen molar-refractivity contribution in [3.05, 3.63) is 65.7 Å². The van der Waals surface area contributed by atoms with Crippen LogP contribution in [0.4, 0.5) is 0 Å². The SMILES string of the molecule is N#Cc1ccc(-c2cc(C(=O)[O-])c3ccccc3n2)cc1. The maximum Gasteiger partial charge on any atom is 0.0991 e. The Balaban J connectivity index is 2.23. The van der Waals surface area contributed by atoms with Gasteiger partial charge in [0.2, 0.25) is 0 Å². The summed E-state index contributed by atoms with van der Waals surface area (Å²) in [5, 5.41) is 20.7. The molecule has 0 unspecified atom stereocenters. The molecule has 1 aromatic heterocycles. The van der Waals surface area contributed by atoms with Crippen LogP contribution in [0.15, 0.2) is 54.6 Å². The predicted molar refractivity (Wildman–Crippen MR) is 76.2 cm³/mol. The van der Waals surface area contributed by atoms with Crippen molar-refractivity contribution < 1.29 is 9.90 Å². The van der Waals surface area contributed by atoms with E-state index in [0.717, 1.165) is 5.56 Å². The van der Waals surface area contributed by atoms with E-state index in [4.69, 9.17) is 5.26 Å². The Morgan fingerprint density at radius 2 is 1.81 bits per heavy atom. The van der Waals surface area contributed by atoms with E-state index >= 15 is 0 Å². The average Bonchev–Trinajstić information content (AvgIpc) is 2.53. The minimum absolute atomic E-state index is 0.111. The Kier molecular flexibility index (Phi) is 3.09. The van der Waals surface area contributed by atoms with Gasteiger partial charge in [0.1, 0.15) is 0 Å². The van der Waals surface area contributed by atoms with Crippen LogP contribution in [0.2, 0.25) is 0 Å². The summed E-state index contributed by atoms with van der Waals surface area (Å²) in [7, 11) is 0. The molecule has 2 aromatic carbocycles. The number of hydrogen-bond donors (Lipinski definition) is 0. The Morgan fingerprint density at radius 3 is 2.48 bits per heavy atom. The molecule has 0 amide bonds. The number of nitrogens with zero attached hydrogens (tertiary/aromatic N) is 2. The third kappa shape index (κ3) is 2.33. The highest BCUT2D eigenvalue weighted by Crippen LogP contribution is 2.24. The predicted octanol–water partition coefficient (Wildman–Crippen LogP) is 2.14. The van der Waals surface area contributed by atoms with Gasteiger partial charge in [0.15, 0.2) is 0 Å². The second kappa shape index (κ2) is 5.06. The van der Waals surface area contributed by atoms with Gasteiger partial charge in [0.25, 0.3) is 0 Å². The molecule has 0 N–H and O–H groups in total. The summed E-state index contributed by atoms with van der Waals surface area (Å²) in [4.78, 5) is 15.8. The number of carbonyl (C=O) groups excluding carboxylic acids is 1. The van der Waals surface area contributed by atoms with Crippen molar-refractivity contribution in [1.82, 2.24) is 4.98 Å². The van der Waals surface area contributed by atoms with E-state index < -0.39 is 5.97 Å². The molecule has 0 aliphatic carbocycles. The highest BCUT2D eigenvalue weighted by atomic mass is 16.4. The second-order valence-corrected chi connectivity index (χ2v) is 4.55. The Hall–Kier alpha value is -3.19. The summed E-state index contributed by atoms with van der Waals surface area (Å²) in [6.07, 6.45) is 0. The van der Waals surface area contributed by atoms with Gasteiger partial charge in [0.05, 0.1) is 28.8 Å². The fourth-order valence-corrected chi connectivity index (χ4v) is 2.21. The van der Waals surface area contributed by atoms with E-state index in [-0.39, 0.29) is 5.56 Å².